The molecule has 0 N–H and O–H groups in total. The molecule has 2 rings (SSSR count). The number of likely N-dealkylation sites (N-methyl/N-ethyl adjacent to an activating group) is 1. The van der Waals surface area contributed by atoms with Crippen molar-refractivity contribution in [2.24, 2.45) is 0 Å². The minimum atomic E-state index is -0.447. The van der Waals surface area contributed by atoms with Crippen LogP contribution in [-0.2, 0) is 4.79 Å². The van der Waals surface area contributed by atoms with Crippen LogP contribution in [-0.4, -0.2) is 55.0 Å². The Balaban J connectivity index is 1.92. The van der Waals surface area contributed by atoms with Crippen LogP contribution in [0.25, 0.3) is 0 Å². The van der Waals surface area contributed by atoms with Gasteiger partial charge >= 0.3 is 0 Å². The molecule has 1 heterocycles. The number of carbonyl (C=O) groups excluding carboxylic acids is 1. The quantitative estimate of drug-likeness (QED) is 0.851. The predicted octanol–water partition coefficient (Wildman–Crippen LogP) is 1.99. The number of carbonyl (C=O) groups is 1. The van der Waals surface area contributed by atoms with Gasteiger partial charge in [0, 0.05) is 30.7 Å². The highest BCUT2D eigenvalue weighted by Crippen LogP contribution is 2.19. The zero-order valence-electron chi connectivity index (χ0n) is 11.3. The van der Waals surface area contributed by atoms with Gasteiger partial charge < -0.3 is 14.5 Å². The lowest BCUT2D eigenvalue weighted by molar-refractivity contribution is -0.139. The van der Waals surface area contributed by atoms with E-state index in [4.69, 9.17) is 4.74 Å². The van der Waals surface area contributed by atoms with E-state index in [9.17, 15) is 4.79 Å². The van der Waals surface area contributed by atoms with Crippen molar-refractivity contribution < 1.29 is 9.53 Å². The van der Waals surface area contributed by atoms with E-state index in [2.05, 4.69) is 27.9 Å². The van der Waals surface area contributed by atoms with E-state index >= 15 is 0 Å². The SMILES string of the molecule is C[C@@H](Oc1cccc(Br)c1)C(=O)N1CCN(C)CC1. The van der Waals surface area contributed by atoms with Crippen LogP contribution in [0.5, 0.6) is 5.75 Å². The molecular weight excluding hydrogens is 308 g/mol. The molecule has 1 aliphatic rings. The molecule has 0 radical (unpaired) electrons. The van der Waals surface area contributed by atoms with Gasteiger partial charge in [0.15, 0.2) is 6.10 Å². The number of amides is 1. The van der Waals surface area contributed by atoms with Gasteiger partial charge in [0.05, 0.1) is 0 Å². The number of hydrogen-bond donors (Lipinski definition) is 0. The van der Waals surface area contributed by atoms with E-state index in [0.29, 0.717) is 5.75 Å². The Morgan fingerprint density at radius 2 is 2.00 bits per heavy atom. The van der Waals surface area contributed by atoms with Crippen molar-refractivity contribution in [3.05, 3.63) is 28.7 Å². The van der Waals surface area contributed by atoms with Crippen molar-refractivity contribution in [1.82, 2.24) is 9.80 Å². The topological polar surface area (TPSA) is 32.8 Å². The maximum Gasteiger partial charge on any atom is 0.263 e. The van der Waals surface area contributed by atoms with Gasteiger partial charge in [-0.2, -0.15) is 0 Å². The zero-order chi connectivity index (χ0) is 13.8. The van der Waals surface area contributed by atoms with Gasteiger partial charge in [0.25, 0.3) is 5.91 Å². The van der Waals surface area contributed by atoms with Crippen LogP contribution in [0.3, 0.4) is 0 Å². The first-order valence-electron chi connectivity index (χ1n) is 6.46. The molecule has 0 aliphatic carbocycles. The Kier molecular flexibility index (Phi) is 4.82. The summed E-state index contributed by atoms with van der Waals surface area (Å²) in [7, 11) is 2.07. The first-order valence-corrected chi connectivity index (χ1v) is 7.25. The number of ether oxygens (including phenoxy) is 1. The average molecular weight is 327 g/mol. The number of benzene rings is 1. The van der Waals surface area contributed by atoms with Gasteiger partial charge in [-0.1, -0.05) is 22.0 Å². The maximum atomic E-state index is 12.3. The Hall–Kier alpha value is -1.07. The predicted molar refractivity (Wildman–Crippen MR) is 78.3 cm³/mol. The molecule has 1 fully saturated rings. The fourth-order valence-corrected chi connectivity index (χ4v) is 2.46. The van der Waals surface area contributed by atoms with Crippen molar-refractivity contribution >= 4 is 21.8 Å². The summed E-state index contributed by atoms with van der Waals surface area (Å²) in [6, 6.07) is 7.55. The standard InChI is InChI=1S/C14H19BrN2O2/c1-11(19-13-5-3-4-12(15)10-13)14(18)17-8-6-16(2)7-9-17/h3-5,10-11H,6-9H2,1-2H3/t11-/m1/s1. The van der Waals surface area contributed by atoms with Crippen LogP contribution in [0.2, 0.25) is 0 Å². The summed E-state index contributed by atoms with van der Waals surface area (Å²) in [4.78, 5) is 16.4. The lowest BCUT2D eigenvalue weighted by Crippen LogP contribution is -2.50. The lowest BCUT2D eigenvalue weighted by atomic mass is 10.2. The Bertz CT molecular complexity index is 445. The van der Waals surface area contributed by atoms with Crippen LogP contribution in [0, 0.1) is 0 Å². The second-order valence-corrected chi connectivity index (χ2v) is 5.76. The van der Waals surface area contributed by atoms with Gasteiger partial charge in [-0.25, -0.2) is 0 Å². The molecule has 0 aromatic heterocycles. The number of halogens is 1. The van der Waals surface area contributed by atoms with E-state index in [1.807, 2.05) is 36.1 Å². The van der Waals surface area contributed by atoms with Gasteiger partial charge in [-0.05, 0) is 32.2 Å². The van der Waals surface area contributed by atoms with Gasteiger partial charge in [0.2, 0.25) is 0 Å². The number of nitrogens with zero attached hydrogens (tertiary/aromatic N) is 2. The Morgan fingerprint density at radius 1 is 1.32 bits per heavy atom. The molecule has 19 heavy (non-hydrogen) atoms. The molecule has 0 saturated carbocycles. The molecule has 0 unspecified atom stereocenters. The minimum Gasteiger partial charge on any atom is -0.481 e. The van der Waals surface area contributed by atoms with Crippen LogP contribution < -0.4 is 4.74 Å². The van der Waals surface area contributed by atoms with Gasteiger partial charge in [0.1, 0.15) is 5.75 Å². The van der Waals surface area contributed by atoms with Gasteiger partial charge in [-0.15, -0.1) is 0 Å². The highest BCUT2D eigenvalue weighted by molar-refractivity contribution is 9.10. The molecule has 5 heteroatoms. The van der Waals surface area contributed by atoms with Crippen molar-refractivity contribution in [2.75, 3.05) is 33.2 Å². The number of hydrogen-bond acceptors (Lipinski definition) is 3. The van der Waals surface area contributed by atoms with Crippen molar-refractivity contribution in [1.29, 1.82) is 0 Å². The molecule has 0 bridgehead atoms. The zero-order valence-corrected chi connectivity index (χ0v) is 12.9. The fraction of sp³-hybridized carbons (Fsp3) is 0.500. The molecule has 4 nitrogen and oxygen atoms in total. The largest absolute Gasteiger partial charge is 0.481 e. The summed E-state index contributed by atoms with van der Waals surface area (Å²) in [6.45, 7) is 5.22. The van der Waals surface area contributed by atoms with Crippen molar-refractivity contribution in [3.8, 4) is 5.75 Å². The Morgan fingerprint density at radius 3 is 2.63 bits per heavy atom. The fourth-order valence-electron chi connectivity index (χ4n) is 2.08. The summed E-state index contributed by atoms with van der Waals surface area (Å²) in [5.74, 6) is 0.775. The summed E-state index contributed by atoms with van der Waals surface area (Å²) >= 11 is 3.39. The smallest absolute Gasteiger partial charge is 0.263 e. The van der Waals surface area contributed by atoms with E-state index < -0.39 is 6.10 Å². The highest BCUT2D eigenvalue weighted by Gasteiger charge is 2.24. The number of piperazine rings is 1. The second kappa shape index (κ2) is 6.39. The minimum absolute atomic E-state index is 0.0630. The second-order valence-electron chi connectivity index (χ2n) is 4.85. The normalized spacial score (nSPS) is 18.2. The van der Waals surface area contributed by atoms with E-state index in [1.54, 1.807) is 0 Å². The third-order valence-electron chi connectivity index (χ3n) is 3.27. The highest BCUT2D eigenvalue weighted by atomic mass is 79.9. The molecular formula is C14H19BrN2O2. The Labute approximate surface area is 122 Å². The van der Waals surface area contributed by atoms with Crippen LogP contribution in [0.4, 0.5) is 0 Å². The van der Waals surface area contributed by atoms with Gasteiger partial charge in [-0.3, -0.25) is 4.79 Å². The van der Waals surface area contributed by atoms with Crippen LogP contribution >= 0.6 is 15.9 Å². The molecule has 1 atom stereocenters. The number of rotatable bonds is 3. The first kappa shape index (κ1) is 14.3. The van der Waals surface area contributed by atoms with Crippen LogP contribution in [0.15, 0.2) is 28.7 Å². The monoisotopic (exact) mass is 326 g/mol. The van der Waals surface area contributed by atoms with E-state index in [-0.39, 0.29) is 5.91 Å². The third kappa shape index (κ3) is 3.94. The summed E-state index contributed by atoms with van der Waals surface area (Å²) in [5, 5.41) is 0. The average Bonchev–Trinajstić information content (AvgIpc) is 2.39. The molecule has 0 spiro atoms. The van der Waals surface area contributed by atoms with Crippen molar-refractivity contribution in [2.45, 2.75) is 13.0 Å². The molecule has 1 aromatic rings. The summed E-state index contributed by atoms with van der Waals surface area (Å²) < 4.78 is 6.65. The molecule has 1 amide bonds. The first-order chi connectivity index (χ1) is 9.06. The van der Waals surface area contributed by atoms with E-state index in [0.717, 1.165) is 30.7 Å². The van der Waals surface area contributed by atoms with Crippen LogP contribution in [0.1, 0.15) is 6.92 Å². The van der Waals surface area contributed by atoms with E-state index in [1.165, 1.54) is 0 Å². The molecule has 1 saturated heterocycles. The molecule has 1 aromatic carbocycles. The van der Waals surface area contributed by atoms with Crippen molar-refractivity contribution in [3.63, 3.8) is 0 Å². The maximum absolute atomic E-state index is 12.3. The summed E-state index contributed by atoms with van der Waals surface area (Å²) in [5.41, 5.74) is 0. The third-order valence-corrected chi connectivity index (χ3v) is 3.76. The molecule has 104 valence electrons. The lowest BCUT2D eigenvalue weighted by Gasteiger charge is -2.33. The molecule has 1 aliphatic heterocycles. The summed E-state index contributed by atoms with van der Waals surface area (Å²) in [6.07, 6.45) is -0.447.